The van der Waals surface area contributed by atoms with Gasteiger partial charge in [-0.05, 0) is 13.8 Å². The summed E-state index contributed by atoms with van der Waals surface area (Å²) in [4.78, 5) is 1.91. The lowest BCUT2D eigenvalue weighted by atomic mass is 10.5. The summed E-state index contributed by atoms with van der Waals surface area (Å²) in [6, 6.07) is 0. The molecule has 0 atom stereocenters. The molecule has 0 saturated heterocycles. The first kappa shape index (κ1) is 9.59. The predicted molar refractivity (Wildman–Crippen MR) is 52.5 cm³/mol. The minimum atomic E-state index is 0.554. The van der Waals surface area contributed by atoms with Crippen molar-refractivity contribution in [3.05, 3.63) is 5.82 Å². The monoisotopic (exact) mass is 178 g/mol. The van der Waals surface area contributed by atoms with E-state index in [0.717, 1.165) is 18.3 Å². The van der Waals surface area contributed by atoms with Crippen molar-refractivity contribution in [2.75, 3.05) is 18.5 Å². The standard InChI is InChI=1S/C9H14N4/c1-5-7-12(4)9-11-10-8(3)13(9)6-2/h1H,6-7H2,2-4H3. The lowest BCUT2D eigenvalue weighted by Crippen LogP contribution is -2.21. The number of rotatable bonds is 3. The van der Waals surface area contributed by atoms with Gasteiger partial charge in [0.1, 0.15) is 5.82 Å². The summed E-state index contributed by atoms with van der Waals surface area (Å²) >= 11 is 0. The Morgan fingerprint density at radius 1 is 1.54 bits per heavy atom. The van der Waals surface area contributed by atoms with E-state index in [-0.39, 0.29) is 0 Å². The summed E-state index contributed by atoms with van der Waals surface area (Å²) in [5.41, 5.74) is 0. The van der Waals surface area contributed by atoms with Gasteiger partial charge in [-0.3, -0.25) is 4.57 Å². The number of anilines is 1. The molecule has 0 bridgehead atoms. The van der Waals surface area contributed by atoms with Crippen molar-refractivity contribution in [3.63, 3.8) is 0 Å². The highest BCUT2D eigenvalue weighted by Gasteiger charge is 2.09. The lowest BCUT2D eigenvalue weighted by molar-refractivity contribution is 0.716. The zero-order chi connectivity index (χ0) is 9.84. The zero-order valence-electron chi connectivity index (χ0n) is 8.28. The van der Waals surface area contributed by atoms with E-state index >= 15 is 0 Å². The van der Waals surface area contributed by atoms with Gasteiger partial charge >= 0.3 is 0 Å². The number of terminal acetylenes is 1. The fraction of sp³-hybridized carbons (Fsp3) is 0.556. The fourth-order valence-electron chi connectivity index (χ4n) is 1.23. The molecule has 0 N–H and O–H groups in total. The number of aromatic nitrogens is 3. The first-order chi connectivity index (χ1) is 6.20. The average molecular weight is 178 g/mol. The second kappa shape index (κ2) is 3.94. The number of nitrogens with zero attached hydrogens (tertiary/aromatic N) is 4. The molecule has 4 nitrogen and oxygen atoms in total. The quantitative estimate of drug-likeness (QED) is 0.638. The maximum Gasteiger partial charge on any atom is 0.227 e. The molecule has 13 heavy (non-hydrogen) atoms. The molecule has 1 rings (SSSR count). The third kappa shape index (κ3) is 1.81. The molecular weight excluding hydrogens is 164 g/mol. The molecule has 1 aromatic rings. The van der Waals surface area contributed by atoms with Gasteiger partial charge in [0.2, 0.25) is 5.95 Å². The second-order valence-electron chi connectivity index (χ2n) is 2.85. The van der Waals surface area contributed by atoms with Crippen LogP contribution in [0.15, 0.2) is 0 Å². The van der Waals surface area contributed by atoms with Crippen LogP contribution in [0, 0.1) is 19.3 Å². The van der Waals surface area contributed by atoms with E-state index in [1.165, 1.54) is 0 Å². The largest absolute Gasteiger partial charge is 0.333 e. The molecule has 0 amide bonds. The highest BCUT2D eigenvalue weighted by molar-refractivity contribution is 5.31. The van der Waals surface area contributed by atoms with Crippen molar-refractivity contribution in [2.45, 2.75) is 20.4 Å². The second-order valence-corrected chi connectivity index (χ2v) is 2.85. The molecule has 0 spiro atoms. The Morgan fingerprint density at radius 2 is 2.23 bits per heavy atom. The van der Waals surface area contributed by atoms with Crippen molar-refractivity contribution in [1.29, 1.82) is 0 Å². The number of hydrogen-bond donors (Lipinski definition) is 0. The highest BCUT2D eigenvalue weighted by Crippen LogP contribution is 2.10. The summed E-state index contributed by atoms with van der Waals surface area (Å²) in [5.74, 6) is 4.32. The Balaban J connectivity index is 2.94. The van der Waals surface area contributed by atoms with Crippen LogP contribution < -0.4 is 4.90 Å². The topological polar surface area (TPSA) is 34.0 Å². The van der Waals surface area contributed by atoms with E-state index in [1.54, 1.807) is 0 Å². The van der Waals surface area contributed by atoms with E-state index < -0.39 is 0 Å². The molecule has 0 aromatic carbocycles. The predicted octanol–water partition coefficient (Wildman–Crippen LogP) is 0.676. The molecule has 0 aliphatic rings. The van der Waals surface area contributed by atoms with Crippen LogP contribution in [0.4, 0.5) is 5.95 Å². The van der Waals surface area contributed by atoms with Crippen LogP contribution in [0.2, 0.25) is 0 Å². The summed E-state index contributed by atoms with van der Waals surface area (Å²) in [6.45, 7) is 5.41. The van der Waals surface area contributed by atoms with Gasteiger partial charge in [-0.2, -0.15) is 0 Å². The summed E-state index contributed by atoms with van der Waals surface area (Å²) in [5, 5.41) is 8.04. The molecule has 1 aromatic heterocycles. The maximum atomic E-state index is 5.22. The van der Waals surface area contributed by atoms with Crippen LogP contribution in [0.5, 0.6) is 0 Å². The Hall–Kier alpha value is -1.50. The third-order valence-electron chi connectivity index (χ3n) is 1.90. The van der Waals surface area contributed by atoms with E-state index in [0.29, 0.717) is 6.54 Å². The minimum absolute atomic E-state index is 0.554. The molecular formula is C9H14N4. The van der Waals surface area contributed by atoms with Gasteiger partial charge in [0.15, 0.2) is 0 Å². The van der Waals surface area contributed by atoms with Crippen molar-refractivity contribution >= 4 is 5.95 Å². The van der Waals surface area contributed by atoms with Crippen molar-refractivity contribution in [3.8, 4) is 12.3 Å². The third-order valence-corrected chi connectivity index (χ3v) is 1.90. The Labute approximate surface area is 78.6 Å². The summed E-state index contributed by atoms with van der Waals surface area (Å²) in [6.07, 6.45) is 5.22. The smallest absolute Gasteiger partial charge is 0.227 e. The Kier molecular flexibility index (Phi) is 2.91. The van der Waals surface area contributed by atoms with Gasteiger partial charge in [0, 0.05) is 13.6 Å². The van der Waals surface area contributed by atoms with Crippen LogP contribution in [0.25, 0.3) is 0 Å². The number of hydrogen-bond acceptors (Lipinski definition) is 3. The fourth-order valence-corrected chi connectivity index (χ4v) is 1.23. The van der Waals surface area contributed by atoms with Gasteiger partial charge in [-0.15, -0.1) is 16.6 Å². The summed E-state index contributed by atoms with van der Waals surface area (Å²) < 4.78 is 2.03. The molecule has 0 aliphatic heterocycles. The van der Waals surface area contributed by atoms with Crippen molar-refractivity contribution < 1.29 is 0 Å². The van der Waals surface area contributed by atoms with Crippen LogP contribution in [-0.2, 0) is 6.54 Å². The SMILES string of the molecule is C#CCN(C)c1nnc(C)n1CC. The zero-order valence-corrected chi connectivity index (χ0v) is 8.28. The molecule has 0 saturated carbocycles. The van der Waals surface area contributed by atoms with Gasteiger partial charge in [0.25, 0.3) is 0 Å². The first-order valence-corrected chi connectivity index (χ1v) is 4.25. The van der Waals surface area contributed by atoms with E-state index in [9.17, 15) is 0 Å². The van der Waals surface area contributed by atoms with Crippen molar-refractivity contribution in [2.24, 2.45) is 0 Å². The molecule has 0 fully saturated rings. The highest BCUT2D eigenvalue weighted by atomic mass is 15.4. The number of aryl methyl sites for hydroxylation is 1. The van der Waals surface area contributed by atoms with Gasteiger partial charge in [0.05, 0.1) is 6.54 Å². The molecule has 0 aliphatic carbocycles. The molecule has 4 heteroatoms. The van der Waals surface area contributed by atoms with E-state index in [1.807, 2.05) is 23.4 Å². The lowest BCUT2D eigenvalue weighted by Gasteiger charge is -2.15. The van der Waals surface area contributed by atoms with E-state index in [2.05, 4.69) is 23.0 Å². The van der Waals surface area contributed by atoms with Gasteiger partial charge in [-0.25, -0.2) is 0 Å². The van der Waals surface area contributed by atoms with Gasteiger partial charge < -0.3 is 4.90 Å². The molecule has 1 heterocycles. The Bertz CT molecular complexity index is 321. The molecule has 0 radical (unpaired) electrons. The van der Waals surface area contributed by atoms with Crippen molar-refractivity contribution in [1.82, 2.24) is 14.8 Å². The van der Waals surface area contributed by atoms with Crippen LogP contribution >= 0.6 is 0 Å². The summed E-state index contributed by atoms with van der Waals surface area (Å²) in [7, 11) is 1.91. The molecule has 0 unspecified atom stereocenters. The maximum absolute atomic E-state index is 5.22. The average Bonchev–Trinajstić information content (AvgIpc) is 2.47. The van der Waals surface area contributed by atoms with Gasteiger partial charge in [-0.1, -0.05) is 5.92 Å². The van der Waals surface area contributed by atoms with Crippen LogP contribution in [-0.4, -0.2) is 28.4 Å². The van der Waals surface area contributed by atoms with E-state index in [4.69, 9.17) is 6.42 Å². The Morgan fingerprint density at radius 3 is 2.77 bits per heavy atom. The normalized spacial score (nSPS) is 9.69. The minimum Gasteiger partial charge on any atom is -0.333 e. The van der Waals surface area contributed by atoms with Crippen LogP contribution in [0.3, 0.4) is 0 Å². The first-order valence-electron chi connectivity index (χ1n) is 4.25. The molecule has 70 valence electrons. The van der Waals surface area contributed by atoms with Crippen LogP contribution in [0.1, 0.15) is 12.7 Å².